The molecule has 0 atom stereocenters. The Balaban J connectivity index is 3.22. The molecule has 0 aromatic carbocycles. The zero-order valence-electron chi connectivity index (χ0n) is 5.83. The highest BCUT2D eigenvalue weighted by Gasteiger charge is 2.00. The first kappa shape index (κ1) is 6.08. The highest BCUT2D eigenvalue weighted by Crippen LogP contribution is 1.91. The predicted octanol–water partition coefficient (Wildman–Crippen LogP) is 0.722. The molecule has 0 unspecified atom stereocenters. The minimum Gasteiger partial charge on any atom is -0.134 e. The second kappa shape index (κ2) is 2.05. The number of hydrogen-bond donors (Lipinski definition) is 0. The molecule has 48 valence electrons. The van der Waals surface area contributed by atoms with E-state index in [2.05, 4.69) is 6.58 Å². The summed E-state index contributed by atoms with van der Waals surface area (Å²) < 4.78 is 3.95. The lowest BCUT2D eigenvalue weighted by molar-refractivity contribution is -0.742. The van der Waals surface area contributed by atoms with Crippen molar-refractivity contribution in [1.82, 2.24) is 4.68 Å². The van der Waals surface area contributed by atoms with Crippen LogP contribution in [-0.2, 0) is 7.05 Å². The average molecular weight is 123 g/mol. The van der Waals surface area contributed by atoms with E-state index in [-0.39, 0.29) is 0 Å². The lowest BCUT2D eigenvalue weighted by Crippen LogP contribution is -2.35. The fourth-order valence-corrected chi connectivity index (χ4v) is 0.886. The molecule has 1 aromatic heterocycles. The van der Waals surface area contributed by atoms with Crippen LogP contribution in [-0.4, -0.2) is 4.68 Å². The SMILES string of the molecule is C=Cn1c(C)cc[n+]1C. The molecule has 0 aliphatic rings. The summed E-state index contributed by atoms with van der Waals surface area (Å²) in [6, 6.07) is 2.04. The minimum atomic E-state index is 1.20. The summed E-state index contributed by atoms with van der Waals surface area (Å²) in [5, 5.41) is 0. The molecular weight excluding hydrogens is 112 g/mol. The molecule has 1 heterocycles. The Kier molecular flexibility index (Phi) is 1.39. The van der Waals surface area contributed by atoms with Gasteiger partial charge in [0, 0.05) is 6.07 Å². The maximum atomic E-state index is 3.67. The molecule has 2 nitrogen and oxygen atoms in total. The number of hydrogen-bond acceptors (Lipinski definition) is 0. The second-order valence-corrected chi connectivity index (χ2v) is 2.06. The Labute approximate surface area is 55.0 Å². The fourth-order valence-electron chi connectivity index (χ4n) is 0.886. The molecule has 1 rings (SSSR count). The maximum Gasteiger partial charge on any atom is 0.196 e. The van der Waals surface area contributed by atoms with Crippen molar-refractivity contribution in [1.29, 1.82) is 0 Å². The van der Waals surface area contributed by atoms with E-state index >= 15 is 0 Å². The van der Waals surface area contributed by atoms with E-state index in [9.17, 15) is 0 Å². The van der Waals surface area contributed by atoms with Gasteiger partial charge in [-0.15, -0.1) is 9.36 Å². The summed E-state index contributed by atoms with van der Waals surface area (Å²) in [5.74, 6) is 0. The van der Waals surface area contributed by atoms with Crippen LogP contribution in [0.15, 0.2) is 18.8 Å². The Morgan fingerprint density at radius 3 is 2.67 bits per heavy atom. The third-order valence-corrected chi connectivity index (χ3v) is 1.41. The smallest absolute Gasteiger partial charge is 0.134 e. The molecule has 9 heavy (non-hydrogen) atoms. The van der Waals surface area contributed by atoms with Gasteiger partial charge in [0.05, 0.1) is 11.9 Å². The van der Waals surface area contributed by atoms with Gasteiger partial charge in [-0.3, -0.25) is 0 Å². The van der Waals surface area contributed by atoms with Crippen molar-refractivity contribution >= 4 is 6.20 Å². The van der Waals surface area contributed by atoms with Crippen molar-refractivity contribution < 1.29 is 4.68 Å². The summed E-state index contributed by atoms with van der Waals surface area (Å²) in [6.07, 6.45) is 3.78. The Bertz CT molecular complexity index is 203. The van der Waals surface area contributed by atoms with Crippen molar-refractivity contribution in [3.05, 3.63) is 24.5 Å². The number of aromatic nitrogens is 2. The molecule has 1 aromatic rings. The van der Waals surface area contributed by atoms with E-state index in [1.165, 1.54) is 5.69 Å². The molecule has 0 aliphatic carbocycles. The molecule has 0 saturated carbocycles. The van der Waals surface area contributed by atoms with Crippen LogP contribution in [0.5, 0.6) is 0 Å². The average Bonchev–Trinajstić information content (AvgIpc) is 2.12. The van der Waals surface area contributed by atoms with Crippen LogP contribution >= 0.6 is 0 Å². The van der Waals surface area contributed by atoms with Crippen molar-refractivity contribution in [3.8, 4) is 0 Å². The van der Waals surface area contributed by atoms with E-state index in [0.29, 0.717) is 0 Å². The number of aryl methyl sites for hydroxylation is 2. The molecule has 0 fully saturated rings. The van der Waals surface area contributed by atoms with Crippen LogP contribution in [0, 0.1) is 6.92 Å². The lowest BCUT2D eigenvalue weighted by Gasteiger charge is -1.90. The molecule has 0 bridgehead atoms. The molecule has 0 amide bonds. The third-order valence-electron chi connectivity index (χ3n) is 1.41. The predicted molar refractivity (Wildman–Crippen MR) is 36.7 cm³/mol. The normalized spacial score (nSPS) is 9.56. The van der Waals surface area contributed by atoms with Crippen molar-refractivity contribution in [2.24, 2.45) is 7.05 Å². The Morgan fingerprint density at radius 2 is 2.44 bits per heavy atom. The molecular formula is C7H11N2+. The van der Waals surface area contributed by atoms with Gasteiger partial charge in [0.2, 0.25) is 0 Å². The fraction of sp³-hybridized carbons (Fsp3) is 0.286. The van der Waals surface area contributed by atoms with E-state index in [1.54, 1.807) is 6.20 Å². The highest BCUT2D eigenvalue weighted by molar-refractivity contribution is 5.15. The van der Waals surface area contributed by atoms with Gasteiger partial charge in [-0.05, 0) is 6.92 Å². The van der Waals surface area contributed by atoms with Crippen LogP contribution in [0.3, 0.4) is 0 Å². The first-order valence-corrected chi connectivity index (χ1v) is 2.92. The number of rotatable bonds is 1. The van der Waals surface area contributed by atoms with Gasteiger partial charge in [0.25, 0.3) is 0 Å². The van der Waals surface area contributed by atoms with Gasteiger partial charge in [-0.2, -0.15) is 0 Å². The van der Waals surface area contributed by atoms with Crippen LogP contribution in [0.4, 0.5) is 0 Å². The summed E-state index contributed by atoms with van der Waals surface area (Å²) in [6.45, 7) is 5.71. The van der Waals surface area contributed by atoms with Gasteiger partial charge >= 0.3 is 0 Å². The monoisotopic (exact) mass is 123 g/mol. The molecule has 0 radical (unpaired) electrons. The van der Waals surface area contributed by atoms with Crippen LogP contribution in [0.25, 0.3) is 6.20 Å². The van der Waals surface area contributed by atoms with E-state index in [1.807, 2.05) is 35.6 Å². The first-order chi connectivity index (χ1) is 4.25. The molecule has 0 aliphatic heterocycles. The first-order valence-electron chi connectivity index (χ1n) is 2.92. The third kappa shape index (κ3) is 0.875. The zero-order chi connectivity index (χ0) is 6.85. The molecule has 0 saturated heterocycles. The van der Waals surface area contributed by atoms with Crippen molar-refractivity contribution in [2.75, 3.05) is 0 Å². The van der Waals surface area contributed by atoms with Gasteiger partial charge in [-0.1, -0.05) is 6.58 Å². The molecule has 0 spiro atoms. The lowest BCUT2D eigenvalue weighted by atomic mass is 10.5. The number of nitrogens with zero attached hydrogens (tertiary/aromatic N) is 2. The topological polar surface area (TPSA) is 8.81 Å². The van der Waals surface area contributed by atoms with Crippen LogP contribution in [0.2, 0.25) is 0 Å². The Morgan fingerprint density at radius 1 is 1.78 bits per heavy atom. The Hall–Kier alpha value is -1.05. The van der Waals surface area contributed by atoms with E-state index in [4.69, 9.17) is 0 Å². The molecule has 2 heteroatoms. The standard InChI is InChI=1S/C7H11N2/c1-4-9-7(2)5-6-8(9)3/h4-6H,1H2,2-3H3/q+1. The van der Waals surface area contributed by atoms with Crippen LogP contribution < -0.4 is 4.68 Å². The van der Waals surface area contributed by atoms with E-state index in [0.717, 1.165) is 0 Å². The minimum absolute atomic E-state index is 1.20. The van der Waals surface area contributed by atoms with Gasteiger partial charge < -0.3 is 0 Å². The van der Waals surface area contributed by atoms with Gasteiger partial charge in [0.1, 0.15) is 0 Å². The summed E-state index contributed by atoms with van der Waals surface area (Å²) >= 11 is 0. The summed E-state index contributed by atoms with van der Waals surface area (Å²) in [7, 11) is 1.98. The zero-order valence-corrected chi connectivity index (χ0v) is 5.83. The quantitative estimate of drug-likeness (QED) is 0.487. The summed E-state index contributed by atoms with van der Waals surface area (Å²) in [5.41, 5.74) is 1.20. The van der Waals surface area contributed by atoms with Crippen molar-refractivity contribution in [2.45, 2.75) is 6.92 Å². The molecule has 0 N–H and O–H groups in total. The van der Waals surface area contributed by atoms with Crippen LogP contribution in [0.1, 0.15) is 5.69 Å². The van der Waals surface area contributed by atoms with Gasteiger partial charge in [-0.25, -0.2) is 0 Å². The largest absolute Gasteiger partial charge is 0.196 e. The maximum absolute atomic E-state index is 3.67. The van der Waals surface area contributed by atoms with Gasteiger partial charge in [0.15, 0.2) is 13.2 Å². The second-order valence-electron chi connectivity index (χ2n) is 2.06. The highest BCUT2D eigenvalue weighted by atomic mass is 15.4. The van der Waals surface area contributed by atoms with Crippen molar-refractivity contribution in [3.63, 3.8) is 0 Å². The van der Waals surface area contributed by atoms with E-state index < -0.39 is 0 Å². The summed E-state index contributed by atoms with van der Waals surface area (Å²) in [4.78, 5) is 0.